The van der Waals surface area contributed by atoms with Crippen molar-refractivity contribution in [2.75, 3.05) is 25.5 Å². The van der Waals surface area contributed by atoms with Crippen LogP contribution >= 0.6 is 63.2 Å². The second kappa shape index (κ2) is 16.0. The smallest absolute Gasteiger partial charge is 0.269 e. The molecule has 2 saturated heterocycles. The molecule has 20 heteroatoms. The quantitative estimate of drug-likeness (QED) is 0.128. The molecule has 0 aromatic heterocycles. The standard InChI is InChI=1S/C24H24Cl4N4O10P2/c25-21(26)23(33)29-17-11-39-43(41-19(17)13-1-5-15(6-2-13)31(35)36)9-10-44-40-12-18(30-24(34)22(27)28)20(42-44)14-3-7-16(8-4-14)32(37)38/h1-8,17-22H,9-12H2,(H,29,33)(H,30,34). The Balaban J connectivity index is 1.44. The van der Waals surface area contributed by atoms with Gasteiger partial charge in [-0.05, 0) is 35.4 Å². The first-order valence-corrected chi connectivity index (χ1v) is 17.2. The van der Waals surface area contributed by atoms with E-state index in [1.807, 2.05) is 0 Å². The molecule has 2 aromatic rings. The Morgan fingerprint density at radius 1 is 0.727 bits per heavy atom. The maximum absolute atomic E-state index is 12.2. The van der Waals surface area contributed by atoms with Crippen LogP contribution in [0, 0.1) is 20.2 Å². The van der Waals surface area contributed by atoms with Crippen molar-refractivity contribution < 1.29 is 37.5 Å². The minimum Gasteiger partial charge on any atom is -0.346 e. The molecule has 2 N–H and O–H groups in total. The fourth-order valence-electron chi connectivity index (χ4n) is 4.24. The number of benzene rings is 2. The van der Waals surface area contributed by atoms with Crippen LogP contribution in [0.15, 0.2) is 48.5 Å². The summed E-state index contributed by atoms with van der Waals surface area (Å²) in [5.41, 5.74) is 0.928. The third kappa shape index (κ3) is 9.29. The zero-order valence-corrected chi connectivity index (χ0v) is 27.1. The first kappa shape index (κ1) is 34.9. The van der Waals surface area contributed by atoms with Gasteiger partial charge in [0.2, 0.25) is 0 Å². The number of nitrogens with one attached hydrogen (secondary N) is 2. The Bertz CT molecular complexity index is 1240. The summed E-state index contributed by atoms with van der Waals surface area (Å²) in [5.74, 6) is -1.30. The van der Waals surface area contributed by atoms with Crippen molar-refractivity contribution in [1.82, 2.24) is 10.6 Å². The number of nitro benzene ring substituents is 2. The van der Waals surface area contributed by atoms with Gasteiger partial charge in [0, 0.05) is 36.6 Å². The molecule has 2 aliphatic heterocycles. The van der Waals surface area contributed by atoms with Gasteiger partial charge in [0.1, 0.15) is 12.2 Å². The lowest BCUT2D eigenvalue weighted by Crippen LogP contribution is -2.47. The largest absolute Gasteiger partial charge is 0.346 e. The van der Waals surface area contributed by atoms with Crippen LogP contribution in [0.5, 0.6) is 0 Å². The summed E-state index contributed by atoms with van der Waals surface area (Å²) in [5, 5.41) is 27.6. The molecular formula is C24H24Cl4N4O10P2. The molecule has 0 radical (unpaired) electrons. The summed E-state index contributed by atoms with van der Waals surface area (Å²) >= 11 is 22.8. The van der Waals surface area contributed by atoms with E-state index < -0.39 is 72.4 Å². The van der Waals surface area contributed by atoms with Crippen LogP contribution in [0.3, 0.4) is 0 Å². The molecule has 14 nitrogen and oxygen atoms in total. The number of non-ortho nitro benzene ring substituents is 2. The number of carbonyl (C=O) groups is 2. The van der Waals surface area contributed by atoms with Gasteiger partial charge < -0.3 is 28.7 Å². The Morgan fingerprint density at radius 3 is 1.36 bits per heavy atom. The molecule has 2 fully saturated rings. The molecule has 2 aromatic carbocycles. The molecule has 6 atom stereocenters. The average Bonchev–Trinajstić information content (AvgIpc) is 3.01. The first-order valence-electron chi connectivity index (χ1n) is 12.7. The summed E-state index contributed by atoms with van der Waals surface area (Å²) in [6.07, 6.45) is -0.735. The third-order valence-electron chi connectivity index (χ3n) is 6.37. The molecule has 238 valence electrons. The van der Waals surface area contributed by atoms with E-state index >= 15 is 0 Å². The Kier molecular flexibility index (Phi) is 12.7. The molecule has 6 unspecified atom stereocenters. The topological polar surface area (TPSA) is 181 Å². The van der Waals surface area contributed by atoms with Gasteiger partial charge in [-0.25, -0.2) is 0 Å². The van der Waals surface area contributed by atoms with Gasteiger partial charge in [-0.3, -0.25) is 29.8 Å². The summed E-state index contributed by atoms with van der Waals surface area (Å²) in [7, 11) is -3.07. The fourth-order valence-corrected chi connectivity index (χ4v) is 8.09. The van der Waals surface area contributed by atoms with Crippen molar-refractivity contribution in [3.05, 3.63) is 79.9 Å². The van der Waals surface area contributed by atoms with Crippen LogP contribution in [-0.2, 0) is 27.7 Å². The van der Waals surface area contributed by atoms with Crippen LogP contribution in [-0.4, -0.2) is 69.0 Å². The number of halogens is 4. The van der Waals surface area contributed by atoms with E-state index in [1.54, 1.807) is 0 Å². The van der Waals surface area contributed by atoms with Crippen LogP contribution in [0.2, 0.25) is 0 Å². The van der Waals surface area contributed by atoms with Crippen molar-refractivity contribution in [2.45, 2.75) is 34.0 Å². The predicted octanol–water partition coefficient (Wildman–Crippen LogP) is 5.58. The maximum Gasteiger partial charge on any atom is 0.269 e. The van der Waals surface area contributed by atoms with Crippen LogP contribution in [0.1, 0.15) is 23.3 Å². The molecule has 0 aliphatic carbocycles. The zero-order valence-electron chi connectivity index (χ0n) is 22.3. The monoisotopic (exact) mass is 730 g/mol. The molecule has 44 heavy (non-hydrogen) atoms. The molecule has 2 amide bonds. The van der Waals surface area contributed by atoms with Gasteiger partial charge in [0.25, 0.3) is 23.2 Å². The van der Waals surface area contributed by atoms with E-state index in [9.17, 15) is 29.8 Å². The number of hydrogen-bond donors (Lipinski definition) is 2. The number of amides is 2. The highest BCUT2D eigenvalue weighted by Gasteiger charge is 2.39. The van der Waals surface area contributed by atoms with Crippen molar-refractivity contribution in [3.63, 3.8) is 0 Å². The molecule has 2 aliphatic rings. The van der Waals surface area contributed by atoms with E-state index in [-0.39, 0.29) is 24.6 Å². The van der Waals surface area contributed by atoms with E-state index in [2.05, 4.69) is 10.6 Å². The van der Waals surface area contributed by atoms with Crippen molar-refractivity contribution in [2.24, 2.45) is 0 Å². The van der Waals surface area contributed by atoms with Gasteiger partial charge in [0.05, 0.1) is 35.1 Å². The molecule has 2 heterocycles. The lowest BCUT2D eigenvalue weighted by atomic mass is 10.0. The van der Waals surface area contributed by atoms with Gasteiger partial charge in [0.15, 0.2) is 26.4 Å². The second-order valence-corrected chi connectivity index (χ2v) is 14.6. The normalized spacial score (nSPS) is 25.4. The predicted molar refractivity (Wildman–Crippen MR) is 164 cm³/mol. The number of alkyl halides is 4. The van der Waals surface area contributed by atoms with Crippen molar-refractivity contribution in [1.29, 1.82) is 0 Å². The van der Waals surface area contributed by atoms with Crippen LogP contribution in [0.4, 0.5) is 11.4 Å². The lowest BCUT2D eigenvalue weighted by Gasteiger charge is -2.38. The third-order valence-corrected chi connectivity index (χ3v) is 10.5. The number of carbonyl (C=O) groups excluding carboxylic acids is 2. The fraction of sp³-hybridized carbons (Fsp3) is 0.417. The van der Waals surface area contributed by atoms with Gasteiger partial charge >= 0.3 is 0 Å². The number of rotatable bonds is 11. The highest BCUT2D eigenvalue weighted by Crippen LogP contribution is 2.54. The summed E-state index contributed by atoms with van der Waals surface area (Å²) in [6.45, 7) is 0.105. The molecule has 4 rings (SSSR count). The first-order chi connectivity index (χ1) is 20.9. The lowest BCUT2D eigenvalue weighted by molar-refractivity contribution is -0.385. The van der Waals surface area contributed by atoms with E-state index in [0.717, 1.165) is 0 Å². The molecule has 0 saturated carbocycles. The highest BCUT2D eigenvalue weighted by molar-refractivity contribution is 7.51. The van der Waals surface area contributed by atoms with Crippen LogP contribution < -0.4 is 10.6 Å². The molecule has 0 spiro atoms. The SMILES string of the molecule is O=C(NC1COP(CCP2OCC(NC(=O)C(Cl)Cl)C(c3ccc([N+](=O)[O-])cc3)O2)OC1c1ccc([N+](=O)[O-])cc1)C(Cl)Cl. The minimum atomic E-state index is -1.53. The van der Waals surface area contributed by atoms with Crippen LogP contribution in [0.25, 0.3) is 0 Å². The van der Waals surface area contributed by atoms with Gasteiger partial charge in [-0.15, -0.1) is 0 Å². The van der Waals surface area contributed by atoms with Crippen molar-refractivity contribution >= 4 is 86.3 Å². The van der Waals surface area contributed by atoms with Gasteiger partial charge in [-0.2, -0.15) is 0 Å². The van der Waals surface area contributed by atoms with E-state index in [0.29, 0.717) is 23.5 Å². The number of nitro groups is 2. The van der Waals surface area contributed by atoms with Gasteiger partial charge in [-0.1, -0.05) is 46.4 Å². The maximum atomic E-state index is 12.2. The summed E-state index contributed by atoms with van der Waals surface area (Å²) in [6, 6.07) is 10.1. The highest BCUT2D eigenvalue weighted by atomic mass is 35.5. The Hall–Kier alpha value is -1.96. The average molecular weight is 732 g/mol. The summed E-state index contributed by atoms with van der Waals surface area (Å²) < 4.78 is 24.3. The van der Waals surface area contributed by atoms with Crippen molar-refractivity contribution in [3.8, 4) is 0 Å². The Labute approximate surface area is 273 Å². The minimum absolute atomic E-state index is 0.0524. The summed E-state index contributed by atoms with van der Waals surface area (Å²) in [4.78, 5) is 42.9. The second-order valence-electron chi connectivity index (χ2n) is 9.29. The van der Waals surface area contributed by atoms with E-state index in [4.69, 9.17) is 64.5 Å². The number of hydrogen-bond acceptors (Lipinski definition) is 10. The van der Waals surface area contributed by atoms with E-state index in [1.165, 1.54) is 48.5 Å². The molecular weight excluding hydrogens is 708 g/mol. The Morgan fingerprint density at radius 2 is 1.07 bits per heavy atom. The zero-order chi connectivity index (χ0) is 32.0. The molecule has 0 bridgehead atoms. The number of nitrogens with zero attached hydrogens (tertiary/aromatic N) is 2.